The van der Waals surface area contributed by atoms with Crippen molar-refractivity contribution in [1.29, 1.82) is 0 Å². The third-order valence-corrected chi connectivity index (χ3v) is 5.11. The number of amides is 1. The molecular formula is C21H14F3N5O. The van der Waals surface area contributed by atoms with Gasteiger partial charge in [-0.3, -0.25) is 19.7 Å². The molecule has 6 nitrogen and oxygen atoms in total. The van der Waals surface area contributed by atoms with E-state index in [0.29, 0.717) is 47.4 Å². The highest BCUT2D eigenvalue weighted by atomic mass is 19.2. The Bertz CT molecular complexity index is 1330. The maximum absolute atomic E-state index is 14.6. The van der Waals surface area contributed by atoms with E-state index >= 15 is 0 Å². The van der Waals surface area contributed by atoms with E-state index in [4.69, 9.17) is 0 Å². The van der Waals surface area contributed by atoms with Crippen LogP contribution in [0.15, 0.2) is 42.7 Å². The lowest BCUT2D eigenvalue weighted by atomic mass is 10.0. The zero-order valence-electron chi connectivity index (χ0n) is 15.7. The van der Waals surface area contributed by atoms with Gasteiger partial charge in [-0.1, -0.05) is 6.07 Å². The molecule has 1 amide bonds. The van der Waals surface area contributed by atoms with Crippen molar-refractivity contribution in [1.82, 2.24) is 19.5 Å². The Morgan fingerprint density at radius 1 is 1.00 bits per heavy atom. The molecule has 2 aromatic heterocycles. The number of carbonyl (C=O) groups is 1. The van der Waals surface area contributed by atoms with E-state index in [2.05, 4.69) is 15.0 Å². The van der Waals surface area contributed by atoms with Crippen LogP contribution in [0.5, 0.6) is 0 Å². The predicted molar refractivity (Wildman–Crippen MR) is 104 cm³/mol. The molecular weight excluding hydrogens is 395 g/mol. The fourth-order valence-corrected chi connectivity index (χ4v) is 3.78. The molecule has 0 saturated heterocycles. The van der Waals surface area contributed by atoms with Crippen molar-refractivity contribution in [2.24, 2.45) is 0 Å². The lowest BCUT2D eigenvalue weighted by Gasteiger charge is -2.10. The van der Waals surface area contributed by atoms with Gasteiger partial charge in [-0.15, -0.1) is 0 Å². The summed E-state index contributed by atoms with van der Waals surface area (Å²) in [6.45, 7) is 2.21. The van der Waals surface area contributed by atoms with Gasteiger partial charge in [-0.05, 0) is 18.2 Å². The van der Waals surface area contributed by atoms with Crippen molar-refractivity contribution in [3.8, 4) is 22.5 Å². The first-order valence-electron chi connectivity index (χ1n) is 9.18. The summed E-state index contributed by atoms with van der Waals surface area (Å²) in [6, 6.07) is 6.64. The zero-order chi connectivity index (χ0) is 21.0. The quantitative estimate of drug-likeness (QED) is 0.471. The van der Waals surface area contributed by atoms with Crippen molar-refractivity contribution >= 4 is 22.9 Å². The molecule has 4 aromatic rings. The third kappa shape index (κ3) is 2.73. The number of rotatable bonds is 2. The van der Waals surface area contributed by atoms with E-state index in [-0.39, 0.29) is 17.2 Å². The molecule has 0 atom stereocenters. The summed E-state index contributed by atoms with van der Waals surface area (Å²) in [4.78, 5) is 26.4. The van der Waals surface area contributed by atoms with Gasteiger partial charge in [0.05, 0.1) is 16.7 Å². The van der Waals surface area contributed by atoms with Crippen LogP contribution >= 0.6 is 0 Å². The normalized spacial score (nSPS) is 13.1. The fraction of sp³-hybridized carbons (Fsp3) is 0.143. The summed E-state index contributed by atoms with van der Waals surface area (Å²) in [7, 11) is 0. The van der Waals surface area contributed by atoms with Gasteiger partial charge < -0.3 is 4.57 Å². The number of aromatic nitrogens is 4. The minimum Gasteiger partial charge on any atom is -0.307 e. The molecule has 0 aliphatic carbocycles. The molecule has 0 radical (unpaired) electrons. The van der Waals surface area contributed by atoms with E-state index in [0.717, 1.165) is 6.07 Å². The van der Waals surface area contributed by atoms with Crippen LogP contribution in [0, 0.1) is 17.5 Å². The number of imidazole rings is 1. The lowest BCUT2D eigenvalue weighted by Crippen LogP contribution is -2.26. The van der Waals surface area contributed by atoms with Crippen molar-refractivity contribution in [3.63, 3.8) is 0 Å². The molecule has 1 aliphatic rings. The molecule has 150 valence electrons. The minimum absolute atomic E-state index is 0.0510. The maximum Gasteiger partial charge on any atom is 0.226 e. The smallest absolute Gasteiger partial charge is 0.226 e. The SMILES string of the molecule is CC(=O)N1CCn2c1nc(-c1cc(F)cc(F)c1F)c2-c1ccc2nccnc2c1. The third-order valence-electron chi connectivity index (χ3n) is 5.11. The van der Waals surface area contributed by atoms with Crippen molar-refractivity contribution in [2.75, 3.05) is 11.4 Å². The van der Waals surface area contributed by atoms with Crippen LogP contribution in [-0.4, -0.2) is 32.0 Å². The summed E-state index contributed by atoms with van der Waals surface area (Å²) in [5, 5.41) is 0. The first-order valence-corrected chi connectivity index (χ1v) is 9.18. The van der Waals surface area contributed by atoms with E-state index in [1.54, 1.807) is 35.2 Å². The minimum atomic E-state index is -1.31. The molecule has 2 aromatic carbocycles. The fourth-order valence-electron chi connectivity index (χ4n) is 3.78. The van der Waals surface area contributed by atoms with E-state index < -0.39 is 17.5 Å². The Kier molecular flexibility index (Phi) is 4.05. The number of anilines is 1. The maximum atomic E-state index is 14.6. The Balaban J connectivity index is 1.81. The molecule has 30 heavy (non-hydrogen) atoms. The molecule has 0 spiro atoms. The highest BCUT2D eigenvalue weighted by Crippen LogP contribution is 2.40. The molecule has 0 bridgehead atoms. The first-order chi connectivity index (χ1) is 14.4. The number of carbonyl (C=O) groups excluding carboxylic acids is 1. The first kappa shape index (κ1) is 18.3. The van der Waals surface area contributed by atoms with E-state index in [9.17, 15) is 18.0 Å². The Labute approximate surface area is 168 Å². The molecule has 0 unspecified atom stereocenters. The Morgan fingerprint density at radius 3 is 2.53 bits per heavy atom. The monoisotopic (exact) mass is 409 g/mol. The lowest BCUT2D eigenvalue weighted by molar-refractivity contribution is -0.116. The van der Waals surface area contributed by atoms with Crippen LogP contribution in [-0.2, 0) is 11.3 Å². The number of benzene rings is 2. The van der Waals surface area contributed by atoms with Gasteiger partial charge >= 0.3 is 0 Å². The van der Waals surface area contributed by atoms with Crippen LogP contribution in [0.2, 0.25) is 0 Å². The topological polar surface area (TPSA) is 63.9 Å². The van der Waals surface area contributed by atoms with Crippen LogP contribution in [0.4, 0.5) is 19.1 Å². The molecule has 9 heteroatoms. The largest absolute Gasteiger partial charge is 0.307 e. The van der Waals surface area contributed by atoms with E-state index in [1.165, 1.54) is 11.8 Å². The molecule has 1 aliphatic heterocycles. The standard InChI is InChI=1S/C21H14F3N5O/c1-11(30)28-6-7-29-20(12-2-3-16-17(8-12)26-5-4-25-16)19(27-21(28)29)14-9-13(22)10-15(23)18(14)24/h2-5,8-10H,6-7H2,1H3. The van der Waals surface area contributed by atoms with Crippen LogP contribution < -0.4 is 4.90 Å². The second-order valence-corrected chi connectivity index (χ2v) is 6.94. The second-order valence-electron chi connectivity index (χ2n) is 6.94. The summed E-state index contributed by atoms with van der Waals surface area (Å²) in [5.41, 5.74) is 2.07. The predicted octanol–water partition coefficient (Wildman–Crippen LogP) is 3.94. The average Bonchev–Trinajstić information content (AvgIpc) is 3.29. The molecule has 5 rings (SSSR count). The van der Waals surface area contributed by atoms with Crippen molar-refractivity contribution in [3.05, 3.63) is 60.2 Å². The highest BCUT2D eigenvalue weighted by Gasteiger charge is 2.32. The highest BCUT2D eigenvalue weighted by molar-refractivity contribution is 5.93. The van der Waals surface area contributed by atoms with Crippen molar-refractivity contribution in [2.45, 2.75) is 13.5 Å². The zero-order valence-corrected chi connectivity index (χ0v) is 15.7. The van der Waals surface area contributed by atoms with Gasteiger partial charge in [0.15, 0.2) is 11.6 Å². The van der Waals surface area contributed by atoms with Crippen LogP contribution in [0.3, 0.4) is 0 Å². The van der Waals surface area contributed by atoms with Gasteiger partial charge in [-0.25, -0.2) is 18.2 Å². The number of hydrogen-bond donors (Lipinski definition) is 0. The van der Waals surface area contributed by atoms with Crippen molar-refractivity contribution < 1.29 is 18.0 Å². The second kappa shape index (κ2) is 6.65. The van der Waals surface area contributed by atoms with Gasteiger partial charge in [0, 0.05) is 49.6 Å². The van der Waals surface area contributed by atoms with Gasteiger partial charge in [0.25, 0.3) is 0 Å². The number of fused-ring (bicyclic) bond motifs is 2. The molecule has 0 N–H and O–H groups in total. The summed E-state index contributed by atoms with van der Waals surface area (Å²) in [6.07, 6.45) is 3.12. The number of halogens is 3. The number of nitrogens with zero attached hydrogens (tertiary/aromatic N) is 5. The molecule has 0 fully saturated rings. The molecule has 0 saturated carbocycles. The van der Waals surface area contributed by atoms with E-state index in [1.807, 2.05) is 0 Å². The van der Waals surface area contributed by atoms with Gasteiger partial charge in [-0.2, -0.15) is 0 Å². The van der Waals surface area contributed by atoms with Gasteiger partial charge in [0.1, 0.15) is 11.5 Å². The summed E-state index contributed by atoms with van der Waals surface area (Å²) in [5.74, 6) is -3.36. The number of hydrogen-bond acceptors (Lipinski definition) is 4. The average molecular weight is 409 g/mol. The Hall–Kier alpha value is -3.75. The van der Waals surface area contributed by atoms with Crippen LogP contribution in [0.25, 0.3) is 33.5 Å². The Morgan fingerprint density at radius 2 is 1.77 bits per heavy atom. The van der Waals surface area contributed by atoms with Crippen LogP contribution in [0.1, 0.15) is 6.92 Å². The van der Waals surface area contributed by atoms with Gasteiger partial charge in [0.2, 0.25) is 11.9 Å². The summed E-state index contributed by atoms with van der Waals surface area (Å²) >= 11 is 0. The summed E-state index contributed by atoms with van der Waals surface area (Å²) < 4.78 is 44.3. The molecule has 3 heterocycles.